The van der Waals surface area contributed by atoms with Crippen LogP contribution in [0.5, 0.6) is 5.75 Å². The van der Waals surface area contributed by atoms with Crippen molar-refractivity contribution in [1.82, 2.24) is 0 Å². The Morgan fingerprint density at radius 2 is 1.33 bits per heavy atom. The summed E-state index contributed by atoms with van der Waals surface area (Å²) in [6, 6.07) is 16.1. The lowest BCUT2D eigenvalue weighted by atomic mass is 10.1. The maximum absolute atomic E-state index is 9.32. The van der Waals surface area contributed by atoms with E-state index in [1.807, 2.05) is 23.9 Å². The van der Waals surface area contributed by atoms with Crippen LogP contribution in [0.1, 0.15) is 39.0 Å². The summed E-state index contributed by atoms with van der Waals surface area (Å²) in [6.07, 6.45) is 6.71. The van der Waals surface area contributed by atoms with Crippen molar-refractivity contribution in [3.8, 4) is 16.9 Å². The maximum Gasteiger partial charge on any atom is 0.115 e. The molecule has 0 spiro atoms. The van der Waals surface area contributed by atoms with Gasteiger partial charge in [0.15, 0.2) is 0 Å². The minimum Gasteiger partial charge on any atom is -0.508 e. The third-order valence-corrected chi connectivity index (χ3v) is 4.67. The van der Waals surface area contributed by atoms with E-state index in [-0.39, 0.29) is 0 Å². The summed E-state index contributed by atoms with van der Waals surface area (Å²) in [5.74, 6) is 1.52. The molecule has 0 heterocycles. The van der Waals surface area contributed by atoms with Crippen LogP contribution >= 0.6 is 11.8 Å². The number of phenols is 1. The molecule has 0 bridgehead atoms. The van der Waals surface area contributed by atoms with Crippen LogP contribution in [-0.4, -0.2) is 10.9 Å². The number of benzene rings is 2. The molecule has 0 unspecified atom stereocenters. The van der Waals surface area contributed by atoms with Gasteiger partial charge in [-0.1, -0.05) is 56.9 Å². The highest BCUT2D eigenvalue weighted by Gasteiger charge is 1.99. The third-order valence-electron chi connectivity index (χ3n) is 3.57. The second kappa shape index (κ2) is 8.78. The number of thioether (sulfide) groups is 1. The number of phenolic OH excluding ortho intramolecular Hbond substituents is 1. The van der Waals surface area contributed by atoms with Gasteiger partial charge in [-0.05, 0) is 47.6 Å². The van der Waals surface area contributed by atoms with Crippen molar-refractivity contribution in [1.29, 1.82) is 0 Å². The Morgan fingerprint density at radius 3 is 1.95 bits per heavy atom. The lowest BCUT2D eigenvalue weighted by Crippen LogP contribution is -1.83. The smallest absolute Gasteiger partial charge is 0.115 e. The summed E-state index contributed by atoms with van der Waals surface area (Å²) in [5.41, 5.74) is 2.34. The molecular formula is C19H24OS. The second-order valence-electron chi connectivity index (χ2n) is 5.33. The van der Waals surface area contributed by atoms with Crippen LogP contribution in [0, 0.1) is 0 Å². The normalized spacial score (nSPS) is 10.7. The lowest BCUT2D eigenvalue weighted by Gasteiger charge is -2.05. The molecule has 0 radical (unpaired) electrons. The molecular weight excluding hydrogens is 276 g/mol. The van der Waals surface area contributed by atoms with Crippen molar-refractivity contribution in [3.63, 3.8) is 0 Å². The molecule has 1 N–H and O–H groups in total. The molecule has 2 aromatic rings. The van der Waals surface area contributed by atoms with E-state index in [2.05, 4.69) is 31.2 Å². The van der Waals surface area contributed by atoms with Crippen molar-refractivity contribution in [2.24, 2.45) is 0 Å². The molecule has 0 saturated heterocycles. The van der Waals surface area contributed by atoms with Crippen molar-refractivity contribution in [2.75, 3.05) is 5.75 Å². The van der Waals surface area contributed by atoms with E-state index >= 15 is 0 Å². The summed E-state index contributed by atoms with van der Waals surface area (Å²) in [5, 5.41) is 9.32. The summed E-state index contributed by atoms with van der Waals surface area (Å²) in [6.45, 7) is 2.25. The summed E-state index contributed by atoms with van der Waals surface area (Å²) in [4.78, 5) is 1.34. The van der Waals surface area contributed by atoms with E-state index in [9.17, 15) is 5.11 Å². The van der Waals surface area contributed by atoms with E-state index in [0.717, 1.165) is 5.56 Å². The molecule has 0 aliphatic carbocycles. The molecule has 0 aliphatic heterocycles. The topological polar surface area (TPSA) is 20.2 Å². The van der Waals surface area contributed by atoms with Crippen molar-refractivity contribution in [3.05, 3.63) is 48.5 Å². The van der Waals surface area contributed by atoms with Crippen LogP contribution in [0.4, 0.5) is 0 Å². The van der Waals surface area contributed by atoms with E-state index < -0.39 is 0 Å². The fourth-order valence-electron chi connectivity index (χ4n) is 2.29. The number of unbranched alkanes of at least 4 members (excludes halogenated alkanes) is 4. The SMILES string of the molecule is CCCCCCCSc1ccc(-c2ccc(O)cc2)cc1. The molecule has 2 aromatic carbocycles. The van der Waals surface area contributed by atoms with Crippen LogP contribution in [0.15, 0.2) is 53.4 Å². The molecule has 1 nitrogen and oxygen atoms in total. The first kappa shape index (κ1) is 16.0. The first-order valence-corrected chi connectivity index (χ1v) is 8.80. The molecule has 0 fully saturated rings. The van der Waals surface area contributed by atoms with Crippen LogP contribution in [0.25, 0.3) is 11.1 Å². The van der Waals surface area contributed by atoms with Crippen molar-refractivity contribution in [2.45, 2.75) is 43.9 Å². The molecule has 0 amide bonds. The van der Waals surface area contributed by atoms with Gasteiger partial charge in [0.25, 0.3) is 0 Å². The van der Waals surface area contributed by atoms with Crippen LogP contribution in [0.2, 0.25) is 0 Å². The zero-order valence-electron chi connectivity index (χ0n) is 12.7. The average Bonchev–Trinajstić information content (AvgIpc) is 2.52. The third kappa shape index (κ3) is 5.47. The van der Waals surface area contributed by atoms with Gasteiger partial charge in [-0.3, -0.25) is 0 Å². The zero-order chi connectivity index (χ0) is 14.9. The Morgan fingerprint density at radius 1 is 0.762 bits per heavy atom. The molecule has 0 atom stereocenters. The van der Waals surface area contributed by atoms with Crippen molar-refractivity contribution >= 4 is 11.8 Å². The Balaban J connectivity index is 1.80. The van der Waals surface area contributed by atoms with Gasteiger partial charge in [0, 0.05) is 4.90 Å². The van der Waals surface area contributed by atoms with Crippen LogP contribution in [-0.2, 0) is 0 Å². The van der Waals surface area contributed by atoms with E-state index in [0.29, 0.717) is 5.75 Å². The fourth-order valence-corrected chi connectivity index (χ4v) is 3.21. The Kier molecular flexibility index (Phi) is 6.68. The number of hydrogen-bond donors (Lipinski definition) is 1. The predicted octanol–water partition coefficient (Wildman–Crippen LogP) is 6.12. The van der Waals surface area contributed by atoms with Gasteiger partial charge in [0.05, 0.1) is 0 Å². The zero-order valence-corrected chi connectivity index (χ0v) is 13.5. The molecule has 2 rings (SSSR count). The summed E-state index contributed by atoms with van der Waals surface area (Å²) in [7, 11) is 0. The van der Waals surface area contributed by atoms with Gasteiger partial charge >= 0.3 is 0 Å². The summed E-state index contributed by atoms with van der Waals surface area (Å²) < 4.78 is 0. The van der Waals surface area contributed by atoms with Gasteiger partial charge in [0.2, 0.25) is 0 Å². The standard InChI is InChI=1S/C19H24OS/c1-2-3-4-5-6-15-21-19-13-9-17(10-14-19)16-7-11-18(20)12-8-16/h7-14,20H,2-6,15H2,1H3. The Hall–Kier alpha value is -1.41. The summed E-state index contributed by atoms with van der Waals surface area (Å²) >= 11 is 1.94. The Labute approximate surface area is 132 Å². The molecule has 21 heavy (non-hydrogen) atoms. The van der Waals surface area contributed by atoms with Gasteiger partial charge in [0.1, 0.15) is 5.75 Å². The van der Waals surface area contributed by atoms with Crippen LogP contribution < -0.4 is 0 Å². The highest BCUT2D eigenvalue weighted by molar-refractivity contribution is 7.99. The predicted molar refractivity (Wildman–Crippen MR) is 93.0 cm³/mol. The lowest BCUT2D eigenvalue weighted by molar-refractivity contribution is 0.475. The number of aromatic hydroxyl groups is 1. The van der Waals surface area contributed by atoms with Gasteiger partial charge < -0.3 is 5.11 Å². The van der Waals surface area contributed by atoms with Crippen molar-refractivity contribution < 1.29 is 5.11 Å². The van der Waals surface area contributed by atoms with E-state index in [1.54, 1.807) is 12.1 Å². The number of rotatable bonds is 8. The van der Waals surface area contributed by atoms with Gasteiger partial charge in [-0.25, -0.2) is 0 Å². The molecule has 0 aromatic heterocycles. The molecule has 0 saturated carbocycles. The highest BCUT2D eigenvalue weighted by atomic mass is 32.2. The minimum absolute atomic E-state index is 0.314. The fraction of sp³-hybridized carbons (Fsp3) is 0.368. The highest BCUT2D eigenvalue weighted by Crippen LogP contribution is 2.26. The van der Waals surface area contributed by atoms with Gasteiger partial charge in [-0.15, -0.1) is 11.8 Å². The van der Waals surface area contributed by atoms with Gasteiger partial charge in [-0.2, -0.15) is 0 Å². The largest absolute Gasteiger partial charge is 0.508 e. The van der Waals surface area contributed by atoms with E-state index in [4.69, 9.17) is 0 Å². The first-order chi connectivity index (χ1) is 10.3. The van der Waals surface area contributed by atoms with Crippen LogP contribution in [0.3, 0.4) is 0 Å². The average molecular weight is 300 g/mol. The monoisotopic (exact) mass is 300 g/mol. The Bertz CT molecular complexity index is 516. The minimum atomic E-state index is 0.314. The first-order valence-electron chi connectivity index (χ1n) is 7.82. The molecule has 2 heteroatoms. The number of hydrogen-bond acceptors (Lipinski definition) is 2. The second-order valence-corrected chi connectivity index (χ2v) is 6.50. The maximum atomic E-state index is 9.32. The molecule has 112 valence electrons. The quantitative estimate of drug-likeness (QED) is 0.468. The molecule has 0 aliphatic rings. The van der Waals surface area contributed by atoms with E-state index in [1.165, 1.54) is 48.3 Å².